The number of aromatic nitrogens is 1. The fourth-order valence-electron chi connectivity index (χ4n) is 2.49. The maximum absolute atomic E-state index is 6.08. The van der Waals surface area contributed by atoms with Crippen molar-refractivity contribution >= 4 is 12.6 Å². The van der Waals surface area contributed by atoms with E-state index in [-0.39, 0.29) is 18.3 Å². The first-order valence-corrected chi connectivity index (χ1v) is 7.78. The second kappa shape index (κ2) is 4.99. The number of aryl methyl sites for hydroxylation is 1. The summed E-state index contributed by atoms with van der Waals surface area (Å²) in [6.45, 7) is 10.2. The number of rotatable bonds is 3. The number of hydrogen-bond donors (Lipinski definition) is 0. The van der Waals surface area contributed by atoms with Gasteiger partial charge >= 0.3 is 7.12 Å². The van der Waals surface area contributed by atoms with E-state index >= 15 is 0 Å². The van der Waals surface area contributed by atoms with Crippen LogP contribution in [0.3, 0.4) is 0 Å². The second-order valence-corrected chi connectivity index (χ2v) is 7.08. The lowest BCUT2D eigenvalue weighted by molar-refractivity contribution is 0.00578. The van der Waals surface area contributed by atoms with Crippen molar-refractivity contribution in [3.8, 4) is 5.88 Å². The molecular weight excluding hydrogens is 265 g/mol. The van der Waals surface area contributed by atoms with Crippen molar-refractivity contribution in [2.45, 2.75) is 71.2 Å². The van der Waals surface area contributed by atoms with E-state index in [1.807, 2.05) is 19.1 Å². The molecule has 114 valence electrons. The highest BCUT2D eigenvalue weighted by atomic mass is 16.7. The highest BCUT2D eigenvalue weighted by Crippen LogP contribution is 2.36. The van der Waals surface area contributed by atoms with Crippen molar-refractivity contribution in [2.24, 2.45) is 0 Å². The zero-order chi connectivity index (χ0) is 15.3. The molecule has 0 spiro atoms. The Kier molecular flexibility index (Phi) is 3.53. The van der Waals surface area contributed by atoms with Gasteiger partial charge in [-0.15, -0.1) is 0 Å². The Morgan fingerprint density at radius 1 is 1.14 bits per heavy atom. The van der Waals surface area contributed by atoms with E-state index < -0.39 is 0 Å². The lowest BCUT2D eigenvalue weighted by Gasteiger charge is -2.32. The van der Waals surface area contributed by atoms with Crippen molar-refractivity contribution in [1.82, 2.24) is 4.98 Å². The predicted octanol–water partition coefficient (Wildman–Crippen LogP) is 2.62. The number of ether oxygens (including phenoxy) is 1. The van der Waals surface area contributed by atoms with Crippen LogP contribution in [0.2, 0.25) is 0 Å². The van der Waals surface area contributed by atoms with E-state index in [4.69, 9.17) is 14.0 Å². The molecule has 2 aliphatic rings. The van der Waals surface area contributed by atoms with Crippen molar-refractivity contribution < 1.29 is 14.0 Å². The fourth-order valence-corrected chi connectivity index (χ4v) is 2.49. The maximum atomic E-state index is 6.08. The second-order valence-electron chi connectivity index (χ2n) is 7.08. The average molecular weight is 289 g/mol. The Labute approximate surface area is 127 Å². The van der Waals surface area contributed by atoms with Crippen LogP contribution in [-0.4, -0.2) is 29.4 Å². The molecule has 0 atom stereocenters. The summed E-state index contributed by atoms with van der Waals surface area (Å²) in [5.74, 6) is 0.706. The molecule has 4 nitrogen and oxygen atoms in total. The number of nitrogens with zero attached hydrogens (tertiary/aromatic N) is 1. The lowest BCUT2D eigenvalue weighted by Crippen LogP contribution is -2.41. The predicted molar refractivity (Wildman–Crippen MR) is 83.0 cm³/mol. The summed E-state index contributed by atoms with van der Waals surface area (Å²) >= 11 is 0. The average Bonchev–Trinajstić information content (AvgIpc) is 2.53. The third kappa shape index (κ3) is 2.69. The molecule has 5 heteroatoms. The Morgan fingerprint density at radius 3 is 2.24 bits per heavy atom. The molecule has 2 fully saturated rings. The molecule has 1 aliphatic heterocycles. The lowest BCUT2D eigenvalue weighted by atomic mass is 9.78. The first kappa shape index (κ1) is 14.9. The van der Waals surface area contributed by atoms with E-state index in [9.17, 15) is 0 Å². The van der Waals surface area contributed by atoms with Crippen molar-refractivity contribution in [3.05, 3.63) is 17.8 Å². The third-order valence-electron chi connectivity index (χ3n) is 4.95. The van der Waals surface area contributed by atoms with Gasteiger partial charge < -0.3 is 14.0 Å². The van der Waals surface area contributed by atoms with Gasteiger partial charge in [-0.05, 0) is 59.9 Å². The largest absolute Gasteiger partial charge is 0.496 e. The smallest absolute Gasteiger partial charge is 0.474 e. The van der Waals surface area contributed by atoms with Gasteiger partial charge in [0.1, 0.15) is 6.10 Å². The molecule has 1 aliphatic carbocycles. The molecule has 0 amide bonds. The SMILES string of the molecule is Cc1nc(OC2CCC2)ccc1B1OC(C)(C)C(C)(C)O1. The van der Waals surface area contributed by atoms with Crippen molar-refractivity contribution in [3.63, 3.8) is 0 Å². The van der Waals surface area contributed by atoms with Gasteiger partial charge in [-0.1, -0.05) is 6.07 Å². The standard InChI is InChI=1S/C16H24BNO3/c1-11-13(17-20-15(2,3)16(4,5)21-17)9-10-14(18-11)19-12-7-6-8-12/h9-10,12H,6-8H2,1-5H3. The van der Waals surface area contributed by atoms with E-state index in [1.165, 1.54) is 6.42 Å². The maximum Gasteiger partial charge on any atom is 0.496 e. The Hall–Kier alpha value is -1.07. The van der Waals surface area contributed by atoms with Gasteiger partial charge in [-0.2, -0.15) is 0 Å². The topological polar surface area (TPSA) is 40.6 Å². The van der Waals surface area contributed by atoms with Gasteiger partial charge in [0.2, 0.25) is 5.88 Å². The Bertz CT molecular complexity index is 524. The highest BCUT2D eigenvalue weighted by Gasteiger charge is 2.52. The van der Waals surface area contributed by atoms with Crippen LogP contribution < -0.4 is 10.2 Å². The van der Waals surface area contributed by atoms with Crippen molar-refractivity contribution in [1.29, 1.82) is 0 Å². The molecule has 2 heterocycles. The van der Waals surface area contributed by atoms with Gasteiger partial charge in [0.25, 0.3) is 0 Å². The van der Waals surface area contributed by atoms with Crippen molar-refractivity contribution in [2.75, 3.05) is 0 Å². The summed E-state index contributed by atoms with van der Waals surface area (Å²) in [6, 6.07) is 3.93. The van der Waals surface area contributed by atoms with E-state index in [1.54, 1.807) is 0 Å². The van der Waals surface area contributed by atoms with E-state index in [2.05, 4.69) is 32.7 Å². The molecule has 0 bridgehead atoms. The van der Waals surface area contributed by atoms with Crippen LogP contribution in [0.1, 0.15) is 52.7 Å². The quantitative estimate of drug-likeness (QED) is 0.802. The number of pyridine rings is 1. The third-order valence-corrected chi connectivity index (χ3v) is 4.95. The van der Waals surface area contributed by atoms with Crippen LogP contribution in [0.15, 0.2) is 12.1 Å². The van der Waals surface area contributed by atoms with E-state index in [0.29, 0.717) is 12.0 Å². The summed E-state index contributed by atoms with van der Waals surface area (Å²) in [5, 5.41) is 0. The summed E-state index contributed by atoms with van der Waals surface area (Å²) < 4.78 is 18.0. The van der Waals surface area contributed by atoms with Crippen LogP contribution in [0.4, 0.5) is 0 Å². The molecule has 21 heavy (non-hydrogen) atoms. The van der Waals surface area contributed by atoms with Crippen LogP contribution in [0.5, 0.6) is 5.88 Å². The zero-order valence-corrected chi connectivity index (χ0v) is 13.6. The zero-order valence-electron chi connectivity index (χ0n) is 13.6. The summed E-state index contributed by atoms with van der Waals surface area (Å²) in [6.07, 6.45) is 3.88. The molecular formula is C16H24BNO3. The van der Waals surface area contributed by atoms with Gasteiger partial charge in [-0.3, -0.25) is 0 Å². The van der Waals surface area contributed by atoms with Gasteiger partial charge in [0.05, 0.1) is 11.2 Å². The van der Waals surface area contributed by atoms with Gasteiger partial charge in [0.15, 0.2) is 0 Å². The van der Waals surface area contributed by atoms with Crippen LogP contribution >= 0.6 is 0 Å². The first-order chi connectivity index (χ1) is 9.78. The monoisotopic (exact) mass is 289 g/mol. The Balaban J connectivity index is 1.77. The van der Waals surface area contributed by atoms with Crippen LogP contribution in [0.25, 0.3) is 0 Å². The van der Waals surface area contributed by atoms with Crippen LogP contribution in [0, 0.1) is 6.92 Å². The summed E-state index contributed by atoms with van der Waals surface area (Å²) in [5.41, 5.74) is 1.23. The van der Waals surface area contributed by atoms with E-state index in [0.717, 1.165) is 24.0 Å². The number of hydrogen-bond acceptors (Lipinski definition) is 4. The van der Waals surface area contributed by atoms with Gasteiger partial charge in [0, 0.05) is 11.2 Å². The molecule has 0 radical (unpaired) electrons. The molecule has 1 saturated carbocycles. The summed E-state index contributed by atoms with van der Waals surface area (Å²) in [4.78, 5) is 4.55. The molecule has 3 rings (SSSR count). The minimum absolute atomic E-state index is 0.328. The molecule has 0 N–H and O–H groups in total. The minimum atomic E-state index is -0.361. The summed E-state index contributed by atoms with van der Waals surface area (Å²) in [7, 11) is -0.361. The normalized spacial score (nSPS) is 24.0. The first-order valence-electron chi connectivity index (χ1n) is 7.78. The molecule has 0 unspecified atom stereocenters. The molecule has 0 aromatic carbocycles. The molecule has 1 saturated heterocycles. The molecule has 1 aromatic heterocycles. The highest BCUT2D eigenvalue weighted by molar-refractivity contribution is 6.62. The minimum Gasteiger partial charge on any atom is -0.474 e. The van der Waals surface area contributed by atoms with Gasteiger partial charge in [-0.25, -0.2) is 4.98 Å². The Morgan fingerprint density at radius 2 is 1.76 bits per heavy atom. The molecule has 1 aromatic rings. The van der Waals surface area contributed by atoms with Crippen LogP contribution in [-0.2, 0) is 9.31 Å². The fraction of sp³-hybridized carbons (Fsp3) is 0.688.